The lowest BCUT2D eigenvalue weighted by Gasteiger charge is -2.15. The molecule has 0 spiro atoms. The van der Waals surface area contributed by atoms with E-state index in [0.717, 1.165) is 0 Å². The van der Waals surface area contributed by atoms with Gasteiger partial charge in [-0.2, -0.15) is 0 Å². The first kappa shape index (κ1) is 11.8. The second kappa shape index (κ2) is 5.58. The molecule has 0 aliphatic heterocycles. The molecule has 0 saturated heterocycles. The van der Waals surface area contributed by atoms with Gasteiger partial charge in [0.05, 0.1) is 13.2 Å². The Bertz CT molecular complexity index is 298. The van der Waals surface area contributed by atoms with Crippen LogP contribution in [0.2, 0.25) is 0 Å². The van der Waals surface area contributed by atoms with Gasteiger partial charge < -0.3 is 19.7 Å². The third-order valence-corrected chi connectivity index (χ3v) is 2.04. The molecule has 0 saturated carbocycles. The summed E-state index contributed by atoms with van der Waals surface area (Å²) in [5.41, 5.74) is 0. The van der Waals surface area contributed by atoms with Crippen molar-refractivity contribution in [2.24, 2.45) is 0 Å². The molecule has 1 aromatic carbocycles. The fraction of sp³-hybridized carbons (Fsp3) is 0.455. The van der Waals surface area contributed by atoms with E-state index < -0.39 is 12.2 Å². The van der Waals surface area contributed by atoms with Crippen LogP contribution in [0.15, 0.2) is 24.3 Å². The molecule has 1 aromatic rings. The number of methoxy groups -OCH3 is 1. The highest BCUT2D eigenvalue weighted by molar-refractivity contribution is 5.39. The Balaban J connectivity index is 2.57. The van der Waals surface area contributed by atoms with Gasteiger partial charge in [0, 0.05) is 0 Å². The van der Waals surface area contributed by atoms with E-state index in [1.54, 1.807) is 19.2 Å². The van der Waals surface area contributed by atoms with E-state index >= 15 is 0 Å². The first-order chi connectivity index (χ1) is 7.15. The summed E-state index contributed by atoms with van der Waals surface area (Å²) >= 11 is 0. The molecule has 4 nitrogen and oxygen atoms in total. The van der Waals surface area contributed by atoms with Gasteiger partial charge in [-0.05, 0) is 19.1 Å². The van der Waals surface area contributed by atoms with Crippen LogP contribution in [-0.4, -0.2) is 36.1 Å². The molecule has 84 valence electrons. The quantitative estimate of drug-likeness (QED) is 0.758. The van der Waals surface area contributed by atoms with Crippen LogP contribution in [0.5, 0.6) is 11.5 Å². The van der Waals surface area contributed by atoms with Gasteiger partial charge in [-0.15, -0.1) is 0 Å². The van der Waals surface area contributed by atoms with E-state index in [1.165, 1.54) is 6.92 Å². The third kappa shape index (κ3) is 3.42. The molecule has 0 radical (unpaired) electrons. The summed E-state index contributed by atoms with van der Waals surface area (Å²) in [5.74, 6) is 1.16. The van der Waals surface area contributed by atoms with Gasteiger partial charge in [-0.3, -0.25) is 0 Å². The number of rotatable bonds is 5. The molecule has 0 amide bonds. The van der Waals surface area contributed by atoms with Gasteiger partial charge in [0.2, 0.25) is 0 Å². The van der Waals surface area contributed by atoms with Crippen molar-refractivity contribution in [2.75, 3.05) is 13.7 Å². The molecule has 0 aliphatic rings. The molecule has 2 unspecified atom stereocenters. The minimum absolute atomic E-state index is 0.0397. The Labute approximate surface area is 89.1 Å². The molecule has 0 aliphatic carbocycles. The summed E-state index contributed by atoms with van der Waals surface area (Å²) in [4.78, 5) is 0. The van der Waals surface area contributed by atoms with Gasteiger partial charge in [-0.1, -0.05) is 12.1 Å². The minimum Gasteiger partial charge on any atom is -0.493 e. The lowest BCUT2D eigenvalue weighted by molar-refractivity contribution is 0.00178. The molecule has 1 rings (SSSR count). The van der Waals surface area contributed by atoms with Gasteiger partial charge in [-0.25, -0.2) is 0 Å². The molecule has 0 heterocycles. The van der Waals surface area contributed by atoms with Crippen molar-refractivity contribution < 1.29 is 19.7 Å². The number of ether oxygens (including phenoxy) is 2. The third-order valence-electron chi connectivity index (χ3n) is 2.04. The smallest absolute Gasteiger partial charge is 0.161 e. The predicted octanol–water partition coefficient (Wildman–Crippen LogP) is 0.816. The van der Waals surface area contributed by atoms with Crippen molar-refractivity contribution >= 4 is 0 Å². The van der Waals surface area contributed by atoms with E-state index in [2.05, 4.69) is 0 Å². The zero-order valence-electron chi connectivity index (χ0n) is 8.88. The zero-order chi connectivity index (χ0) is 11.3. The summed E-state index contributed by atoms with van der Waals surface area (Å²) in [7, 11) is 1.55. The van der Waals surface area contributed by atoms with E-state index in [0.29, 0.717) is 11.5 Å². The molecule has 0 bridgehead atoms. The van der Waals surface area contributed by atoms with Crippen molar-refractivity contribution in [3.63, 3.8) is 0 Å². The van der Waals surface area contributed by atoms with E-state index in [9.17, 15) is 5.11 Å². The highest BCUT2D eigenvalue weighted by Crippen LogP contribution is 2.25. The number of para-hydroxylation sites is 2. The summed E-state index contributed by atoms with van der Waals surface area (Å²) in [6.45, 7) is 1.55. The average Bonchev–Trinajstić information content (AvgIpc) is 2.26. The summed E-state index contributed by atoms with van der Waals surface area (Å²) in [6.07, 6.45) is -1.70. The standard InChI is InChI=1S/C11H16O4/c1-8(12)9(13)7-15-11-6-4-3-5-10(11)14-2/h3-6,8-9,12-13H,7H2,1-2H3. The molecule has 0 fully saturated rings. The maximum Gasteiger partial charge on any atom is 0.161 e. The number of aliphatic hydroxyl groups is 2. The lowest BCUT2D eigenvalue weighted by Crippen LogP contribution is -2.29. The second-order valence-electron chi connectivity index (χ2n) is 3.27. The number of aliphatic hydroxyl groups excluding tert-OH is 2. The summed E-state index contributed by atoms with van der Waals surface area (Å²) in [5, 5.41) is 18.4. The van der Waals surface area contributed by atoms with Crippen molar-refractivity contribution in [3.05, 3.63) is 24.3 Å². The molecule has 2 N–H and O–H groups in total. The van der Waals surface area contributed by atoms with Gasteiger partial charge in [0.25, 0.3) is 0 Å². The van der Waals surface area contributed by atoms with Gasteiger partial charge in [0.15, 0.2) is 11.5 Å². The highest BCUT2D eigenvalue weighted by Gasteiger charge is 2.12. The van der Waals surface area contributed by atoms with Crippen LogP contribution in [0.4, 0.5) is 0 Å². The van der Waals surface area contributed by atoms with Crippen LogP contribution >= 0.6 is 0 Å². The topological polar surface area (TPSA) is 58.9 Å². The van der Waals surface area contributed by atoms with Crippen molar-refractivity contribution in [1.82, 2.24) is 0 Å². The van der Waals surface area contributed by atoms with E-state index in [4.69, 9.17) is 14.6 Å². The number of hydrogen-bond donors (Lipinski definition) is 2. The van der Waals surface area contributed by atoms with Crippen LogP contribution in [0, 0.1) is 0 Å². The van der Waals surface area contributed by atoms with Crippen LogP contribution in [0.25, 0.3) is 0 Å². The zero-order valence-corrected chi connectivity index (χ0v) is 8.88. The average molecular weight is 212 g/mol. The molecule has 15 heavy (non-hydrogen) atoms. The Morgan fingerprint density at radius 1 is 1.20 bits per heavy atom. The molecule has 4 heteroatoms. The van der Waals surface area contributed by atoms with Gasteiger partial charge >= 0.3 is 0 Å². The Morgan fingerprint density at radius 2 is 1.80 bits per heavy atom. The van der Waals surface area contributed by atoms with E-state index in [1.807, 2.05) is 12.1 Å². The van der Waals surface area contributed by atoms with E-state index in [-0.39, 0.29) is 6.61 Å². The van der Waals surface area contributed by atoms with Crippen LogP contribution in [-0.2, 0) is 0 Å². The first-order valence-electron chi connectivity index (χ1n) is 4.77. The van der Waals surface area contributed by atoms with Crippen LogP contribution in [0.3, 0.4) is 0 Å². The molecule has 0 aromatic heterocycles. The predicted molar refractivity (Wildman–Crippen MR) is 56.2 cm³/mol. The Morgan fingerprint density at radius 3 is 2.33 bits per heavy atom. The fourth-order valence-electron chi connectivity index (χ4n) is 1.05. The Hall–Kier alpha value is -1.26. The molecule has 2 atom stereocenters. The SMILES string of the molecule is COc1ccccc1OCC(O)C(C)O. The molecular weight excluding hydrogens is 196 g/mol. The van der Waals surface area contributed by atoms with Crippen LogP contribution in [0.1, 0.15) is 6.92 Å². The lowest BCUT2D eigenvalue weighted by atomic mass is 10.2. The number of hydrogen-bond acceptors (Lipinski definition) is 4. The normalized spacial score (nSPS) is 14.4. The second-order valence-corrected chi connectivity index (χ2v) is 3.27. The fourth-order valence-corrected chi connectivity index (χ4v) is 1.05. The number of benzene rings is 1. The maximum atomic E-state index is 9.34. The van der Waals surface area contributed by atoms with Crippen molar-refractivity contribution in [3.8, 4) is 11.5 Å². The maximum absolute atomic E-state index is 9.34. The van der Waals surface area contributed by atoms with Crippen LogP contribution < -0.4 is 9.47 Å². The van der Waals surface area contributed by atoms with Crippen molar-refractivity contribution in [1.29, 1.82) is 0 Å². The first-order valence-corrected chi connectivity index (χ1v) is 4.77. The largest absolute Gasteiger partial charge is 0.493 e. The minimum atomic E-state index is -0.894. The monoisotopic (exact) mass is 212 g/mol. The highest BCUT2D eigenvalue weighted by atomic mass is 16.5. The van der Waals surface area contributed by atoms with Crippen molar-refractivity contribution in [2.45, 2.75) is 19.1 Å². The summed E-state index contributed by atoms with van der Waals surface area (Å²) < 4.78 is 10.4. The van der Waals surface area contributed by atoms with Gasteiger partial charge in [0.1, 0.15) is 12.7 Å². The Kier molecular flexibility index (Phi) is 4.39. The molecular formula is C11H16O4. The summed E-state index contributed by atoms with van der Waals surface area (Å²) in [6, 6.07) is 7.15.